The maximum absolute atomic E-state index is 10.9. The van der Waals surface area contributed by atoms with Gasteiger partial charge in [-0.15, -0.1) is 0 Å². The second kappa shape index (κ2) is 6.18. The van der Waals surface area contributed by atoms with Gasteiger partial charge in [-0.3, -0.25) is 9.79 Å². The van der Waals surface area contributed by atoms with Crippen molar-refractivity contribution in [3.05, 3.63) is 0 Å². The quantitative estimate of drug-likeness (QED) is 0.527. The number of ether oxygens (including phenoxy) is 1. The first kappa shape index (κ1) is 16.1. The van der Waals surface area contributed by atoms with Crippen LogP contribution in [0.2, 0.25) is 0 Å². The van der Waals surface area contributed by atoms with Crippen LogP contribution in [0.3, 0.4) is 0 Å². The Morgan fingerprint density at radius 3 is 2.24 bits per heavy atom. The van der Waals surface area contributed by atoms with Gasteiger partial charge in [0, 0.05) is 6.92 Å². The van der Waals surface area contributed by atoms with Gasteiger partial charge in [0.25, 0.3) is 0 Å². The van der Waals surface area contributed by atoms with E-state index in [9.17, 15) is 4.79 Å². The third-order valence-electron chi connectivity index (χ3n) is 3.20. The molecule has 0 aromatic rings. The molecule has 0 aliphatic carbocycles. The molecule has 0 aromatic carbocycles. The largest absolute Gasteiger partial charge is 0.458 e. The van der Waals surface area contributed by atoms with Crippen molar-refractivity contribution in [2.45, 2.75) is 60.5 Å². The number of nitrogens with zero attached hydrogens (tertiary/aromatic N) is 1. The van der Waals surface area contributed by atoms with Crippen LogP contribution < -0.4 is 0 Å². The molecule has 0 atom stereocenters. The van der Waals surface area contributed by atoms with Gasteiger partial charge in [-0.05, 0) is 37.8 Å². The van der Waals surface area contributed by atoms with Crippen molar-refractivity contribution in [3.63, 3.8) is 0 Å². The molecule has 0 heterocycles. The second-order valence-corrected chi connectivity index (χ2v) is 6.22. The van der Waals surface area contributed by atoms with Gasteiger partial charge in [0.1, 0.15) is 5.60 Å². The van der Waals surface area contributed by atoms with Gasteiger partial charge in [-0.1, -0.05) is 27.7 Å². The second-order valence-electron chi connectivity index (χ2n) is 6.22. The number of aliphatic imine (C=N–C) groups is 1. The van der Waals surface area contributed by atoms with Gasteiger partial charge >= 0.3 is 5.97 Å². The van der Waals surface area contributed by atoms with E-state index in [0.717, 1.165) is 6.42 Å². The van der Waals surface area contributed by atoms with Gasteiger partial charge < -0.3 is 4.74 Å². The van der Waals surface area contributed by atoms with Gasteiger partial charge in [0.05, 0.1) is 6.54 Å². The lowest BCUT2D eigenvalue weighted by Gasteiger charge is -2.27. The topological polar surface area (TPSA) is 38.7 Å². The molecule has 0 spiro atoms. The van der Waals surface area contributed by atoms with Crippen LogP contribution in [0.25, 0.3) is 0 Å². The van der Waals surface area contributed by atoms with Crippen LogP contribution in [0.1, 0.15) is 54.9 Å². The molecule has 100 valence electrons. The summed E-state index contributed by atoms with van der Waals surface area (Å²) in [5.41, 5.74) is -0.251. The van der Waals surface area contributed by atoms with Crippen LogP contribution in [0.15, 0.2) is 4.99 Å². The van der Waals surface area contributed by atoms with Gasteiger partial charge in [-0.25, -0.2) is 0 Å². The van der Waals surface area contributed by atoms with Crippen molar-refractivity contribution in [2.24, 2.45) is 16.3 Å². The summed E-state index contributed by atoms with van der Waals surface area (Å²) in [6.07, 6.45) is 2.89. The minimum atomic E-state index is -0.510. The standard InChI is InChI=1S/C14H27NO2/c1-11(2)13(4,5)8-9-15-10-14(6,7)17-12(3)16/h9,11H,8,10H2,1-7H3/b15-9+. The smallest absolute Gasteiger partial charge is 0.303 e. The number of carbonyl (C=O) groups is 1. The summed E-state index contributed by atoms with van der Waals surface area (Å²) in [6, 6.07) is 0. The number of carbonyl (C=O) groups excluding carboxylic acids is 1. The highest BCUT2D eigenvalue weighted by atomic mass is 16.6. The van der Waals surface area contributed by atoms with Gasteiger partial charge in [0.2, 0.25) is 0 Å². The zero-order valence-electron chi connectivity index (χ0n) is 12.3. The maximum Gasteiger partial charge on any atom is 0.303 e. The summed E-state index contributed by atoms with van der Waals surface area (Å²) < 4.78 is 5.16. The number of hydrogen-bond acceptors (Lipinski definition) is 3. The van der Waals surface area contributed by atoms with E-state index in [-0.39, 0.29) is 11.4 Å². The predicted molar refractivity (Wildman–Crippen MR) is 72.4 cm³/mol. The SMILES string of the molecule is CC(=O)OC(C)(C)C/N=C/CC(C)(C)C(C)C. The molecule has 0 aromatic heterocycles. The molecule has 0 saturated carbocycles. The number of rotatable bonds is 6. The van der Waals surface area contributed by atoms with Crippen molar-refractivity contribution in [1.82, 2.24) is 0 Å². The van der Waals surface area contributed by atoms with E-state index in [2.05, 4.69) is 32.7 Å². The fraction of sp³-hybridized carbons (Fsp3) is 0.857. The molecule has 0 radical (unpaired) electrons. The highest BCUT2D eigenvalue weighted by molar-refractivity contribution is 5.66. The lowest BCUT2D eigenvalue weighted by molar-refractivity contribution is -0.152. The van der Waals surface area contributed by atoms with Crippen LogP contribution in [0, 0.1) is 11.3 Å². The summed E-state index contributed by atoms with van der Waals surface area (Å²) in [5, 5.41) is 0. The van der Waals surface area contributed by atoms with E-state index < -0.39 is 5.60 Å². The maximum atomic E-state index is 10.9. The normalized spacial score (nSPS) is 13.4. The number of esters is 1. The van der Waals surface area contributed by atoms with Gasteiger partial charge in [0.15, 0.2) is 0 Å². The number of hydrogen-bond donors (Lipinski definition) is 0. The van der Waals surface area contributed by atoms with E-state index >= 15 is 0 Å². The molecule has 0 aliphatic heterocycles. The van der Waals surface area contributed by atoms with Gasteiger partial charge in [-0.2, -0.15) is 0 Å². The molecule has 0 saturated heterocycles. The Labute approximate surface area is 106 Å². The summed E-state index contributed by atoms with van der Waals surface area (Å²) in [4.78, 5) is 15.2. The minimum Gasteiger partial charge on any atom is -0.458 e. The van der Waals surface area contributed by atoms with Crippen LogP contribution in [-0.4, -0.2) is 24.3 Å². The molecular weight excluding hydrogens is 214 g/mol. The third-order valence-corrected chi connectivity index (χ3v) is 3.20. The van der Waals surface area contributed by atoms with Crippen LogP contribution in [0.4, 0.5) is 0 Å². The van der Waals surface area contributed by atoms with Crippen LogP contribution in [0.5, 0.6) is 0 Å². The van der Waals surface area contributed by atoms with Crippen molar-refractivity contribution >= 4 is 12.2 Å². The zero-order chi connectivity index (χ0) is 13.7. The summed E-state index contributed by atoms with van der Waals surface area (Å²) in [5.74, 6) is 0.364. The fourth-order valence-electron chi connectivity index (χ4n) is 1.24. The van der Waals surface area contributed by atoms with E-state index in [4.69, 9.17) is 4.74 Å². The van der Waals surface area contributed by atoms with Crippen LogP contribution >= 0.6 is 0 Å². The highest BCUT2D eigenvalue weighted by Crippen LogP contribution is 2.28. The molecule has 0 bridgehead atoms. The average Bonchev–Trinajstić information content (AvgIpc) is 2.10. The molecule has 0 rings (SSSR count). The molecule has 0 aliphatic rings. The van der Waals surface area contributed by atoms with E-state index in [0.29, 0.717) is 12.5 Å². The molecular formula is C14H27NO2. The summed E-state index contributed by atoms with van der Waals surface area (Å²) >= 11 is 0. The Morgan fingerprint density at radius 2 is 1.82 bits per heavy atom. The predicted octanol–water partition coefficient (Wildman–Crippen LogP) is 3.47. The first-order valence-electron chi connectivity index (χ1n) is 6.25. The van der Waals surface area contributed by atoms with Crippen molar-refractivity contribution < 1.29 is 9.53 Å². The molecule has 0 N–H and O–H groups in total. The molecule has 3 nitrogen and oxygen atoms in total. The van der Waals surface area contributed by atoms with Crippen LogP contribution in [-0.2, 0) is 9.53 Å². The van der Waals surface area contributed by atoms with Crippen molar-refractivity contribution in [2.75, 3.05) is 6.54 Å². The molecule has 0 fully saturated rings. The highest BCUT2D eigenvalue weighted by Gasteiger charge is 2.22. The fourth-order valence-corrected chi connectivity index (χ4v) is 1.24. The molecule has 17 heavy (non-hydrogen) atoms. The molecule has 0 amide bonds. The van der Waals surface area contributed by atoms with E-state index in [1.807, 2.05) is 20.1 Å². The Hall–Kier alpha value is -0.860. The Morgan fingerprint density at radius 1 is 1.29 bits per heavy atom. The van der Waals surface area contributed by atoms with Crippen molar-refractivity contribution in [3.8, 4) is 0 Å². The lowest BCUT2D eigenvalue weighted by atomic mass is 9.79. The van der Waals surface area contributed by atoms with E-state index in [1.165, 1.54) is 6.92 Å². The Balaban J connectivity index is 4.16. The Kier molecular flexibility index (Phi) is 5.86. The molecule has 0 unspecified atom stereocenters. The third kappa shape index (κ3) is 7.14. The lowest BCUT2D eigenvalue weighted by Crippen LogP contribution is -2.30. The van der Waals surface area contributed by atoms with E-state index in [1.54, 1.807) is 0 Å². The monoisotopic (exact) mass is 241 g/mol. The zero-order valence-corrected chi connectivity index (χ0v) is 12.3. The average molecular weight is 241 g/mol. The summed E-state index contributed by atoms with van der Waals surface area (Å²) in [7, 11) is 0. The first-order chi connectivity index (χ1) is 7.57. The van der Waals surface area contributed by atoms with Crippen molar-refractivity contribution in [1.29, 1.82) is 0 Å². The first-order valence-corrected chi connectivity index (χ1v) is 6.25. The minimum absolute atomic E-state index is 0.257. The summed E-state index contributed by atoms with van der Waals surface area (Å²) in [6.45, 7) is 14.6. The Bertz CT molecular complexity index is 278. The molecule has 3 heteroatoms.